The van der Waals surface area contributed by atoms with Crippen LogP contribution < -0.4 is 10.1 Å². The molecular weight excluding hydrogens is 224 g/mol. The van der Waals surface area contributed by atoms with Gasteiger partial charge in [0, 0.05) is 24.2 Å². The molecule has 3 nitrogen and oxygen atoms in total. The molecule has 0 bridgehead atoms. The zero-order valence-corrected chi connectivity index (χ0v) is 12.2. The van der Waals surface area contributed by atoms with Crippen LogP contribution in [0.1, 0.15) is 31.9 Å². The number of hydrogen-bond donors (Lipinski definition) is 1. The van der Waals surface area contributed by atoms with Crippen molar-refractivity contribution in [1.82, 2.24) is 10.2 Å². The summed E-state index contributed by atoms with van der Waals surface area (Å²) in [5.41, 5.74) is 1.24. The van der Waals surface area contributed by atoms with Gasteiger partial charge in [0.2, 0.25) is 0 Å². The SMILES string of the molecule is CCC(NCC(C)N(C)C)c1ccccc1OC. The van der Waals surface area contributed by atoms with E-state index in [2.05, 4.69) is 50.3 Å². The molecule has 0 saturated carbocycles. The van der Waals surface area contributed by atoms with Gasteiger partial charge in [0.1, 0.15) is 5.75 Å². The Morgan fingerprint density at radius 2 is 1.94 bits per heavy atom. The number of ether oxygens (including phenoxy) is 1. The van der Waals surface area contributed by atoms with Gasteiger partial charge in [-0.25, -0.2) is 0 Å². The van der Waals surface area contributed by atoms with Crippen molar-refractivity contribution in [3.05, 3.63) is 29.8 Å². The van der Waals surface area contributed by atoms with Crippen molar-refractivity contribution in [3.63, 3.8) is 0 Å². The lowest BCUT2D eigenvalue weighted by Crippen LogP contribution is -2.37. The van der Waals surface area contributed by atoms with Gasteiger partial charge < -0.3 is 15.0 Å². The van der Waals surface area contributed by atoms with Crippen LogP contribution in [0.25, 0.3) is 0 Å². The molecule has 0 spiro atoms. The van der Waals surface area contributed by atoms with Gasteiger partial charge in [-0.2, -0.15) is 0 Å². The fourth-order valence-corrected chi connectivity index (χ4v) is 1.92. The Morgan fingerprint density at radius 1 is 1.28 bits per heavy atom. The largest absolute Gasteiger partial charge is 0.496 e. The van der Waals surface area contributed by atoms with Crippen LogP contribution in [0, 0.1) is 0 Å². The number of rotatable bonds is 7. The fraction of sp³-hybridized carbons (Fsp3) is 0.600. The molecule has 0 aliphatic heterocycles. The van der Waals surface area contributed by atoms with Crippen molar-refractivity contribution in [2.45, 2.75) is 32.4 Å². The van der Waals surface area contributed by atoms with E-state index in [0.717, 1.165) is 18.7 Å². The molecule has 1 aromatic rings. The summed E-state index contributed by atoms with van der Waals surface area (Å²) in [5, 5.41) is 3.62. The minimum Gasteiger partial charge on any atom is -0.496 e. The second kappa shape index (κ2) is 7.39. The molecule has 0 heterocycles. The third kappa shape index (κ3) is 4.00. The normalized spacial score (nSPS) is 14.6. The highest BCUT2D eigenvalue weighted by molar-refractivity contribution is 5.35. The molecule has 2 unspecified atom stereocenters. The Bertz CT molecular complexity index is 352. The molecule has 0 aliphatic rings. The van der Waals surface area contributed by atoms with Gasteiger partial charge >= 0.3 is 0 Å². The van der Waals surface area contributed by atoms with Crippen molar-refractivity contribution in [2.75, 3.05) is 27.7 Å². The second-order valence-electron chi connectivity index (χ2n) is 4.92. The van der Waals surface area contributed by atoms with E-state index in [-0.39, 0.29) is 0 Å². The number of likely N-dealkylation sites (N-methyl/N-ethyl adjacent to an activating group) is 1. The Hall–Kier alpha value is -1.06. The molecule has 0 amide bonds. The number of para-hydroxylation sites is 1. The van der Waals surface area contributed by atoms with Gasteiger partial charge in [-0.15, -0.1) is 0 Å². The van der Waals surface area contributed by atoms with Crippen LogP contribution in [0.5, 0.6) is 5.75 Å². The molecule has 1 N–H and O–H groups in total. The van der Waals surface area contributed by atoms with Gasteiger partial charge in [-0.1, -0.05) is 25.1 Å². The zero-order valence-electron chi connectivity index (χ0n) is 12.2. The summed E-state index contributed by atoms with van der Waals surface area (Å²) in [6.45, 7) is 5.40. The van der Waals surface area contributed by atoms with Crippen molar-refractivity contribution in [3.8, 4) is 5.75 Å². The Morgan fingerprint density at radius 3 is 2.50 bits per heavy atom. The number of methoxy groups -OCH3 is 1. The van der Waals surface area contributed by atoms with E-state index in [4.69, 9.17) is 4.74 Å². The van der Waals surface area contributed by atoms with E-state index in [1.54, 1.807) is 7.11 Å². The smallest absolute Gasteiger partial charge is 0.123 e. The molecule has 102 valence electrons. The van der Waals surface area contributed by atoms with Gasteiger partial charge in [0.05, 0.1) is 7.11 Å². The van der Waals surface area contributed by atoms with Crippen LogP contribution in [0.3, 0.4) is 0 Å². The van der Waals surface area contributed by atoms with E-state index in [9.17, 15) is 0 Å². The van der Waals surface area contributed by atoms with Crippen molar-refractivity contribution < 1.29 is 4.74 Å². The summed E-state index contributed by atoms with van der Waals surface area (Å²) in [6.07, 6.45) is 1.06. The average molecular weight is 250 g/mol. The zero-order chi connectivity index (χ0) is 13.5. The monoisotopic (exact) mass is 250 g/mol. The molecule has 1 rings (SSSR count). The van der Waals surface area contributed by atoms with E-state index in [1.165, 1.54) is 5.56 Å². The third-order valence-corrected chi connectivity index (χ3v) is 3.46. The lowest BCUT2D eigenvalue weighted by atomic mass is 10.0. The molecule has 18 heavy (non-hydrogen) atoms. The summed E-state index contributed by atoms with van der Waals surface area (Å²) in [4.78, 5) is 2.22. The minimum atomic E-state index is 0.351. The van der Waals surface area contributed by atoms with Crippen LogP contribution in [-0.4, -0.2) is 38.7 Å². The third-order valence-electron chi connectivity index (χ3n) is 3.46. The van der Waals surface area contributed by atoms with Crippen LogP contribution in [-0.2, 0) is 0 Å². The van der Waals surface area contributed by atoms with E-state index in [1.807, 2.05) is 12.1 Å². The lowest BCUT2D eigenvalue weighted by Gasteiger charge is -2.25. The Balaban J connectivity index is 2.71. The van der Waals surface area contributed by atoms with E-state index in [0.29, 0.717) is 12.1 Å². The topological polar surface area (TPSA) is 24.5 Å². The van der Waals surface area contributed by atoms with Gasteiger partial charge in [-0.3, -0.25) is 0 Å². The van der Waals surface area contributed by atoms with Gasteiger partial charge in [0.25, 0.3) is 0 Å². The number of hydrogen-bond acceptors (Lipinski definition) is 3. The first-order chi connectivity index (χ1) is 8.60. The summed E-state index contributed by atoms with van der Waals surface area (Å²) in [7, 11) is 5.95. The predicted octanol–water partition coefficient (Wildman–Crippen LogP) is 2.69. The molecule has 0 saturated heterocycles. The maximum Gasteiger partial charge on any atom is 0.123 e. The summed E-state index contributed by atoms with van der Waals surface area (Å²) in [6, 6.07) is 9.11. The van der Waals surface area contributed by atoms with Crippen molar-refractivity contribution >= 4 is 0 Å². The maximum atomic E-state index is 5.43. The first kappa shape index (κ1) is 15.0. The van der Waals surface area contributed by atoms with E-state index >= 15 is 0 Å². The van der Waals surface area contributed by atoms with Crippen molar-refractivity contribution in [2.24, 2.45) is 0 Å². The molecular formula is C15H26N2O. The van der Waals surface area contributed by atoms with Crippen LogP contribution >= 0.6 is 0 Å². The predicted molar refractivity (Wildman–Crippen MR) is 77.2 cm³/mol. The Kier molecular flexibility index (Phi) is 6.16. The minimum absolute atomic E-state index is 0.351. The highest BCUT2D eigenvalue weighted by atomic mass is 16.5. The van der Waals surface area contributed by atoms with Crippen molar-refractivity contribution in [1.29, 1.82) is 0 Å². The standard InChI is InChI=1S/C15H26N2O/c1-6-14(16-11-12(2)17(3)4)13-9-7-8-10-15(13)18-5/h7-10,12,14,16H,6,11H2,1-5H3. The van der Waals surface area contributed by atoms with Crippen LogP contribution in [0.2, 0.25) is 0 Å². The number of nitrogens with zero attached hydrogens (tertiary/aromatic N) is 1. The molecule has 2 atom stereocenters. The van der Waals surface area contributed by atoms with Crippen LogP contribution in [0.15, 0.2) is 24.3 Å². The first-order valence-electron chi connectivity index (χ1n) is 6.62. The quantitative estimate of drug-likeness (QED) is 0.805. The first-order valence-corrected chi connectivity index (χ1v) is 6.62. The maximum absolute atomic E-state index is 5.43. The van der Waals surface area contributed by atoms with Gasteiger partial charge in [-0.05, 0) is 33.5 Å². The molecule has 0 aromatic heterocycles. The summed E-state index contributed by atoms with van der Waals surface area (Å²) >= 11 is 0. The molecule has 0 fully saturated rings. The highest BCUT2D eigenvalue weighted by Gasteiger charge is 2.14. The molecule has 0 radical (unpaired) electrons. The summed E-state index contributed by atoms with van der Waals surface area (Å²) < 4.78 is 5.43. The average Bonchev–Trinajstić information content (AvgIpc) is 2.39. The van der Waals surface area contributed by atoms with Crippen LogP contribution in [0.4, 0.5) is 0 Å². The number of benzene rings is 1. The molecule has 0 aliphatic carbocycles. The highest BCUT2D eigenvalue weighted by Crippen LogP contribution is 2.26. The van der Waals surface area contributed by atoms with E-state index < -0.39 is 0 Å². The fourth-order valence-electron chi connectivity index (χ4n) is 1.92. The summed E-state index contributed by atoms with van der Waals surface area (Å²) in [5.74, 6) is 0.967. The number of nitrogens with one attached hydrogen (secondary N) is 1. The Labute approximate surface area is 111 Å². The lowest BCUT2D eigenvalue weighted by molar-refractivity contribution is 0.290. The molecule has 1 aromatic carbocycles. The molecule has 3 heteroatoms. The second-order valence-corrected chi connectivity index (χ2v) is 4.92. The van der Waals surface area contributed by atoms with Gasteiger partial charge in [0.15, 0.2) is 0 Å².